The molecule has 0 radical (unpaired) electrons. The van der Waals surface area contributed by atoms with Crippen molar-refractivity contribution >= 4 is 11.4 Å². The number of benzene rings is 2. The van der Waals surface area contributed by atoms with Gasteiger partial charge < -0.3 is 15.3 Å². The highest BCUT2D eigenvalue weighted by atomic mass is 19.4. The molecule has 3 rings (SSSR count). The van der Waals surface area contributed by atoms with E-state index in [1.807, 2.05) is 12.1 Å². The molecule has 24 heavy (non-hydrogen) atoms. The molecule has 0 amide bonds. The number of hydrogen-bond donors (Lipinski definition) is 2. The first-order chi connectivity index (χ1) is 11.4. The van der Waals surface area contributed by atoms with E-state index in [4.69, 9.17) is 0 Å². The van der Waals surface area contributed by atoms with Crippen LogP contribution in [-0.2, 0) is 6.18 Å². The van der Waals surface area contributed by atoms with E-state index in [2.05, 4.69) is 10.2 Å². The van der Waals surface area contributed by atoms with Gasteiger partial charge in [0.05, 0.1) is 5.56 Å². The number of anilines is 2. The van der Waals surface area contributed by atoms with Gasteiger partial charge in [0, 0.05) is 30.5 Å². The van der Waals surface area contributed by atoms with Gasteiger partial charge in [0.15, 0.2) is 0 Å². The van der Waals surface area contributed by atoms with Crippen LogP contribution in [0.25, 0.3) is 0 Å². The van der Waals surface area contributed by atoms with Crippen molar-refractivity contribution in [2.45, 2.75) is 25.1 Å². The minimum atomic E-state index is -4.35. The van der Waals surface area contributed by atoms with Crippen molar-refractivity contribution in [3.8, 4) is 5.75 Å². The highest BCUT2D eigenvalue weighted by molar-refractivity contribution is 5.54. The summed E-state index contributed by atoms with van der Waals surface area (Å²) in [6.45, 7) is 1.52. The monoisotopic (exact) mass is 336 g/mol. The molecule has 0 saturated carbocycles. The van der Waals surface area contributed by atoms with Crippen molar-refractivity contribution < 1.29 is 18.3 Å². The lowest BCUT2D eigenvalue weighted by Crippen LogP contribution is -2.39. The van der Waals surface area contributed by atoms with Crippen LogP contribution in [0.2, 0.25) is 0 Å². The first-order valence-electron chi connectivity index (χ1n) is 7.90. The topological polar surface area (TPSA) is 35.5 Å². The zero-order valence-corrected chi connectivity index (χ0v) is 13.1. The Morgan fingerprint density at radius 3 is 2.21 bits per heavy atom. The number of rotatable bonds is 3. The maximum atomic E-state index is 13.0. The van der Waals surface area contributed by atoms with E-state index < -0.39 is 11.7 Å². The molecule has 128 valence electrons. The molecule has 2 aromatic carbocycles. The van der Waals surface area contributed by atoms with Crippen LogP contribution in [0.15, 0.2) is 48.5 Å². The van der Waals surface area contributed by atoms with E-state index in [0.717, 1.165) is 37.7 Å². The lowest BCUT2D eigenvalue weighted by atomic mass is 10.0. The van der Waals surface area contributed by atoms with Crippen molar-refractivity contribution in [3.05, 3.63) is 54.1 Å². The summed E-state index contributed by atoms with van der Waals surface area (Å²) in [5.74, 6) is 0.221. The average Bonchev–Trinajstić information content (AvgIpc) is 2.56. The molecule has 1 saturated heterocycles. The lowest BCUT2D eigenvalue weighted by Gasteiger charge is -2.34. The minimum Gasteiger partial charge on any atom is -0.508 e. The predicted octanol–water partition coefficient (Wildman–Crippen LogP) is 4.49. The maximum Gasteiger partial charge on any atom is 0.418 e. The smallest absolute Gasteiger partial charge is 0.418 e. The van der Waals surface area contributed by atoms with Crippen molar-refractivity contribution in [1.29, 1.82) is 0 Å². The molecule has 0 aromatic heterocycles. The molecule has 1 aliphatic rings. The third-order valence-corrected chi connectivity index (χ3v) is 4.30. The highest BCUT2D eigenvalue weighted by Crippen LogP contribution is 2.35. The molecule has 2 aromatic rings. The average molecular weight is 336 g/mol. The van der Waals surface area contributed by atoms with Gasteiger partial charge in [-0.05, 0) is 49.2 Å². The maximum absolute atomic E-state index is 13.0. The summed E-state index contributed by atoms with van der Waals surface area (Å²) in [6.07, 6.45) is -2.84. The van der Waals surface area contributed by atoms with Crippen LogP contribution in [0.5, 0.6) is 5.75 Å². The van der Waals surface area contributed by atoms with Crippen LogP contribution in [0.4, 0.5) is 24.5 Å². The first-order valence-corrected chi connectivity index (χ1v) is 7.90. The standard InChI is InChI=1S/C18H19F3N2O/c19-18(20,21)16-3-1-2-4-17(16)22-13-9-11-23(12-10-13)14-5-7-15(24)8-6-14/h1-8,13,22,24H,9-12H2. The summed E-state index contributed by atoms with van der Waals surface area (Å²) in [5.41, 5.74) is 0.543. The van der Waals surface area contributed by atoms with Crippen LogP contribution in [-0.4, -0.2) is 24.2 Å². The molecule has 2 N–H and O–H groups in total. The molecule has 0 atom stereocenters. The van der Waals surface area contributed by atoms with Gasteiger partial charge in [-0.15, -0.1) is 0 Å². The third kappa shape index (κ3) is 3.75. The third-order valence-electron chi connectivity index (χ3n) is 4.30. The number of nitrogens with zero attached hydrogens (tertiary/aromatic N) is 1. The summed E-state index contributed by atoms with van der Waals surface area (Å²) in [6, 6.07) is 12.6. The number of phenols is 1. The summed E-state index contributed by atoms with van der Waals surface area (Å²) in [4.78, 5) is 2.17. The molecule has 1 heterocycles. The number of hydrogen-bond acceptors (Lipinski definition) is 3. The number of alkyl halides is 3. The molecule has 6 heteroatoms. The fraction of sp³-hybridized carbons (Fsp3) is 0.333. The number of aromatic hydroxyl groups is 1. The molecular weight excluding hydrogens is 317 g/mol. The van der Waals surface area contributed by atoms with Gasteiger partial charge in [-0.1, -0.05) is 12.1 Å². The van der Waals surface area contributed by atoms with Gasteiger partial charge in [0.25, 0.3) is 0 Å². The number of phenolic OH excluding ortho intramolecular Hbond substituents is 1. The highest BCUT2D eigenvalue weighted by Gasteiger charge is 2.33. The summed E-state index contributed by atoms with van der Waals surface area (Å²) in [5, 5.41) is 12.4. The predicted molar refractivity (Wildman–Crippen MR) is 88.4 cm³/mol. The SMILES string of the molecule is Oc1ccc(N2CCC(Nc3ccccc3C(F)(F)F)CC2)cc1. The molecule has 1 fully saturated rings. The molecular formula is C18H19F3N2O. The van der Waals surface area contributed by atoms with Gasteiger partial charge in [0.1, 0.15) is 5.75 Å². The molecule has 3 nitrogen and oxygen atoms in total. The Hall–Kier alpha value is -2.37. The minimum absolute atomic E-state index is 0.0156. The largest absolute Gasteiger partial charge is 0.508 e. The first kappa shape index (κ1) is 16.5. The van der Waals surface area contributed by atoms with Crippen LogP contribution in [0.3, 0.4) is 0 Å². The molecule has 0 bridgehead atoms. The van der Waals surface area contributed by atoms with Gasteiger partial charge in [-0.3, -0.25) is 0 Å². The van der Waals surface area contributed by atoms with Gasteiger partial charge in [-0.25, -0.2) is 0 Å². The zero-order chi connectivity index (χ0) is 17.2. The second-order valence-electron chi connectivity index (χ2n) is 5.97. The lowest BCUT2D eigenvalue weighted by molar-refractivity contribution is -0.137. The van der Waals surface area contributed by atoms with Crippen molar-refractivity contribution in [2.75, 3.05) is 23.3 Å². The second-order valence-corrected chi connectivity index (χ2v) is 5.97. The summed E-state index contributed by atoms with van der Waals surface area (Å²) >= 11 is 0. The second kappa shape index (κ2) is 6.63. The van der Waals surface area contributed by atoms with Crippen LogP contribution >= 0.6 is 0 Å². The molecule has 0 spiro atoms. The Kier molecular flexibility index (Phi) is 4.55. The Morgan fingerprint density at radius 1 is 0.958 bits per heavy atom. The van der Waals surface area contributed by atoms with E-state index in [-0.39, 0.29) is 17.5 Å². The fourth-order valence-electron chi connectivity index (χ4n) is 3.02. The Bertz CT molecular complexity index is 677. The number of nitrogens with one attached hydrogen (secondary N) is 1. The van der Waals surface area contributed by atoms with Gasteiger partial charge in [0.2, 0.25) is 0 Å². The Balaban J connectivity index is 1.63. The van der Waals surface area contributed by atoms with E-state index in [9.17, 15) is 18.3 Å². The van der Waals surface area contributed by atoms with E-state index in [1.165, 1.54) is 12.1 Å². The fourth-order valence-corrected chi connectivity index (χ4v) is 3.02. The number of para-hydroxylation sites is 1. The van der Waals surface area contributed by atoms with Crippen LogP contribution in [0.1, 0.15) is 18.4 Å². The normalized spacial score (nSPS) is 16.2. The number of piperidine rings is 1. The molecule has 0 aliphatic carbocycles. The van der Waals surface area contributed by atoms with Crippen LogP contribution in [0, 0.1) is 0 Å². The zero-order valence-electron chi connectivity index (χ0n) is 13.1. The van der Waals surface area contributed by atoms with Crippen molar-refractivity contribution in [3.63, 3.8) is 0 Å². The summed E-state index contributed by atoms with van der Waals surface area (Å²) in [7, 11) is 0. The quantitative estimate of drug-likeness (QED) is 0.867. The van der Waals surface area contributed by atoms with E-state index >= 15 is 0 Å². The van der Waals surface area contributed by atoms with E-state index in [0.29, 0.717) is 0 Å². The summed E-state index contributed by atoms with van der Waals surface area (Å²) < 4.78 is 39.1. The van der Waals surface area contributed by atoms with Crippen molar-refractivity contribution in [1.82, 2.24) is 0 Å². The van der Waals surface area contributed by atoms with Crippen LogP contribution < -0.4 is 10.2 Å². The van der Waals surface area contributed by atoms with Gasteiger partial charge in [-0.2, -0.15) is 13.2 Å². The molecule has 1 aliphatic heterocycles. The van der Waals surface area contributed by atoms with Crippen molar-refractivity contribution in [2.24, 2.45) is 0 Å². The molecule has 0 unspecified atom stereocenters. The number of halogens is 3. The van der Waals surface area contributed by atoms with E-state index in [1.54, 1.807) is 18.2 Å². The Labute approximate surface area is 138 Å². The van der Waals surface area contributed by atoms with Gasteiger partial charge >= 0.3 is 6.18 Å². The Morgan fingerprint density at radius 2 is 1.58 bits per heavy atom.